The Morgan fingerprint density at radius 1 is 1.48 bits per heavy atom. The zero-order chi connectivity index (χ0) is 14.9. The minimum atomic E-state index is -3.45. The maximum absolute atomic E-state index is 12.0. The SMILES string of the molecule is Cc1noc([C@@H]2CC[C@H](CNS(=O)(=O)c3cccs3)O2)n1. The summed E-state index contributed by atoms with van der Waals surface area (Å²) in [5.74, 6) is 1.02. The lowest BCUT2D eigenvalue weighted by Gasteiger charge is -2.12. The minimum Gasteiger partial charge on any atom is -0.364 e. The van der Waals surface area contributed by atoms with Gasteiger partial charge in [0.1, 0.15) is 10.3 Å². The molecule has 9 heteroatoms. The molecule has 2 aromatic rings. The summed E-state index contributed by atoms with van der Waals surface area (Å²) in [7, 11) is -3.45. The summed E-state index contributed by atoms with van der Waals surface area (Å²) >= 11 is 1.19. The van der Waals surface area contributed by atoms with Crippen LogP contribution in [0.4, 0.5) is 0 Å². The normalized spacial score (nSPS) is 22.7. The van der Waals surface area contributed by atoms with E-state index in [0.29, 0.717) is 15.9 Å². The second kappa shape index (κ2) is 5.84. The number of nitrogens with zero attached hydrogens (tertiary/aromatic N) is 2. The van der Waals surface area contributed by atoms with E-state index in [-0.39, 0.29) is 18.8 Å². The fraction of sp³-hybridized carbons (Fsp3) is 0.500. The molecule has 1 aliphatic heterocycles. The first kappa shape index (κ1) is 14.6. The Morgan fingerprint density at radius 2 is 2.33 bits per heavy atom. The molecule has 7 nitrogen and oxygen atoms in total. The molecule has 1 N–H and O–H groups in total. The highest BCUT2D eigenvalue weighted by atomic mass is 32.2. The molecule has 1 saturated heterocycles. The second-order valence-corrected chi connectivity index (χ2v) is 7.73. The largest absolute Gasteiger partial charge is 0.364 e. The van der Waals surface area contributed by atoms with Gasteiger partial charge in [0, 0.05) is 6.54 Å². The van der Waals surface area contributed by atoms with E-state index in [4.69, 9.17) is 9.26 Å². The van der Waals surface area contributed by atoms with Crippen molar-refractivity contribution in [2.45, 2.75) is 36.2 Å². The van der Waals surface area contributed by atoms with E-state index in [0.717, 1.165) is 12.8 Å². The first-order chi connectivity index (χ1) is 10.0. The molecule has 3 heterocycles. The molecule has 21 heavy (non-hydrogen) atoms. The van der Waals surface area contributed by atoms with Crippen LogP contribution >= 0.6 is 11.3 Å². The Kier molecular flexibility index (Phi) is 4.07. The Hall–Kier alpha value is -1.29. The summed E-state index contributed by atoms with van der Waals surface area (Å²) in [6.07, 6.45) is 1.06. The molecular weight excluding hydrogens is 314 g/mol. The van der Waals surface area contributed by atoms with Crippen molar-refractivity contribution >= 4 is 21.4 Å². The highest BCUT2D eigenvalue weighted by Crippen LogP contribution is 2.31. The Bertz CT molecular complexity index is 696. The molecular formula is C12H15N3O4S2. The first-order valence-electron chi connectivity index (χ1n) is 6.53. The van der Waals surface area contributed by atoms with Crippen LogP contribution in [-0.4, -0.2) is 31.2 Å². The predicted molar refractivity (Wildman–Crippen MR) is 75.4 cm³/mol. The third kappa shape index (κ3) is 3.31. The second-order valence-electron chi connectivity index (χ2n) is 4.79. The summed E-state index contributed by atoms with van der Waals surface area (Å²) < 4.78 is 37.7. The molecule has 2 atom stereocenters. The van der Waals surface area contributed by atoms with Gasteiger partial charge < -0.3 is 9.26 Å². The minimum absolute atomic E-state index is 0.183. The highest BCUT2D eigenvalue weighted by molar-refractivity contribution is 7.91. The number of aryl methyl sites for hydroxylation is 1. The van der Waals surface area contributed by atoms with Crippen LogP contribution in [0.2, 0.25) is 0 Å². The van der Waals surface area contributed by atoms with Crippen LogP contribution in [0.15, 0.2) is 26.2 Å². The summed E-state index contributed by atoms with van der Waals surface area (Å²) in [4.78, 5) is 4.14. The van der Waals surface area contributed by atoms with Gasteiger partial charge in [0.2, 0.25) is 10.0 Å². The molecule has 0 saturated carbocycles. The van der Waals surface area contributed by atoms with E-state index < -0.39 is 10.0 Å². The first-order valence-corrected chi connectivity index (χ1v) is 8.90. The number of ether oxygens (including phenoxy) is 1. The number of sulfonamides is 1. The molecule has 114 valence electrons. The van der Waals surface area contributed by atoms with Crippen LogP contribution < -0.4 is 4.72 Å². The molecule has 0 aliphatic carbocycles. The van der Waals surface area contributed by atoms with Crippen molar-refractivity contribution in [2.75, 3.05) is 6.54 Å². The van der Waals surface area contributed by atoms with Crippen molar-refractivity contribution < 1.29 is 17.7 Å². The van der Waals surface area contributed by atoms with Crippen LogP contribution in [-0.2, 0) is 14.8 Å². The number of hydrogen-bond acceptors (Lipinski definition) is 7. The molecule has 0 spiro atoms. The zero-order valence-corrected chi connectivity index (χ0v) is 13.0. The van der Waals surface area contributed by atoms with Crippen LogP contribution in [0.3, 0.4) is 0 Å². The van der Waals surface area contributed by atoms with E-state index >= 15 is 0 Å². The average Bonchev–Trinajstić information content (AvgIpc) is 3.17. The van der Waals surface area contributed by atoms with Gasteiger partial charge in [-0.25, -0.2) is 13.1 Å². The summed E-state index contributed by atoms with van der Waals surface area (Å²) in [6.45, 7) is 1.98. The topological polar surface area (TPSA) is 94.3 Å². The third-order valence-electron chi connectivity index (χ3n) is 3.19. The molecule has 0 radical (unpaired) electrons. The van der Waals surface area contributed by atoms with Crippen molar-refractivity contribution in [3.8, 4) is 0 Å². The van der Waals surface area contributed by atoms with Gasteiger partial charge in [-0.3, -0.25) is 0 Å². The van der Waals surface area contributed by atoms with Gasteiger partial charge in [-0.1, -0.05) is 11.2 Å². The van der Waals surface area contributed by atoms with E-state index in [2.05, 4.69) is 14.9 Å². The number of thiophene rings is 1. The predicted octanol–water partition coefficient (Wildman–Crippen LogP) is 1.64. The van der Waals surface area contributed by atoms with Gasteiger partial charge in [-0.2, -0.15) is 4.98 Å². The van der Waals surface area contributed by atoms with Crippen molar-refractivity contribution in [2.24, 2.45) is 0 Å². The van der Waals surface area contributed by atoms with Crippen molar-refractivity contribution in [1.29, 1.82) is 0 Å². The van der Waals surface area contributed by atoms with Crippen LogP contribution in [0.5, 0.6) is 0 Å². The van der Waals surface area contributed by atoms with Gasteiger partial charge in [-0.15, -0.1) is 11.3 Å². The van der Waals surface area contributed by atoms with Gasteiger partial charge in [-0.05, 0) is 31.2 Å². The molecule has 1 fully saturated rings. The standard InChI is InChI=1S/C12H15N3O4S2/c1-8-14-12(19-15-8)10-5-4-9(18-10)7-13-21(16,17)11-3-2-6-20-11/h2-3,6,9-10,13H,4-5,7H2,1H3/t9-,10+/m1/s1. The van der Waals surface area contributed by atoms with Crippen LogP contribution in [0.25, 0.3) is 0 Å². The molecule has 0 amide bonds. The maximum Gasteiger partial charge on any atom is 0.255 e. The molecule has 0 bridgehead atoms. The summed E-state index contributed by atoms with van der Waals surface area (Å²) in [5.41, 5.74) is 0. The maximum atomic E-state index is 12.0. The molecule has 0 unspecified atom stereocenters. The quantitative estimate of drug-likeness (QED) is 0.896. The van der Waals surface area contributed by atoms with Gasteiger partial charge in [0.05, 0.1) is 6.10 Å². The lowest BCUT2D eigenvalue weighted by Crippen LogP contribution is -2.31. The average molecular weight is 329 g/mol. The molecule has 1 aliphatic rings. The number of nitrogens with one attached hydrogen (secondary N) is 1. The molecule has 0 aromatic carbocycles. The van der Waals surface area contributed by atoms with Crippen LogP contribution in [0.1, 0.15) is 30.7 Å². The van der Waals surface area contributed by atoms with Gasteiger partial charge in [0.15, 0.2) is 5.82 Å². The highest BCUT2D eigenvalue weighted by Gasteiger charge is 2.31. The Labute approximate surface area is 126 Å². The van der Waals surface area contributed by atoms with Crippen molar-refractivity contribution in [3.05, 3.63) is 29.2 Å². The van der Waals surface area contributed by atoms with Crippen molar-refractivity contribution in [3.63, 3.8) is 0 Å². The summed E-state index contributed by atoms with van der Waals surface area (Å²) in [5, 5.41) is 5.46. The van der Waals surface area contributed by atoms with Crippen LogP contribution in [0, 0.1) is 6.92 Å². The monoisotopic (exact) mass is 329 g/mol. The van der Waals surface area contributed by atoms with Gasteiger partial charge >= 0.3 is 0 Å². The Morgan fingerprint density at radius 3 is 3.00 bits per heavy atom. The Balaban J connectivity index is 1.56. The molecule has 2 aromatic heterocycles. The smallest absolute Gasteiger partial charge is 0.255 e. The zero-order valence-electron chi connectivity index (χ0n) is 11.4. The fourth-order valence-corrected chi connectivity index (χ4v) is 4.28. The lowest BCUT2D eigenvalue weighted by molar-refractivity contribution is 0.0290. The number of aromatic nitrogens is 2. The molecule has 3 rings (SSSR count). The van der Waals surface area contributed by atoms with Gasteiger partial charge in [0.25, 0.3) is 5.89 Å². The lowest BCUT2D eigenvalue weighted by atomic mass is 10.2. The van der Waals surface area contributed by atoms with E-state index in [1.54, 1.807) is 24.4 Å². The fourth-order valence-electron chi connectivity index (χ4n) is 2.17. The van der Waals surface area contributed by atoms with E-state index in [9.17, 15) is 8.42 Å². The number of hydrogen-bond donors (Lipinski definition) is 1. The third-order valence-corrected chi connectivity index (χ3v) is 6.01. The summed E-state index contributed by atoms with van der Waals surface area (Å²) in [6, 6.07) is 3.28. The van der Waals surface area contributed by atoms with E-state index in [1.165, 1.54) is 11.3 Å². The number of rotatable bonds is 5. The van der Waals surface area contributed by atoms with E-state index in [1.807, 2.05) is 0 Å². The van der Waals surface area contributed by atoms with Crippen molar-refractivity contribution in [1.82, 2.24) is 14.9 Å².